The lowest BCUT2D eigenvalue weighted by molar-refractivity contribution is -0.0939. The highest BCUT2D eigenvalue weighted by Crippen LogP contribution is 2.40. The van der Waals surface area contributed by atoms with Gasteiger partial charge in [0.05, 0.1) is 24.7 Å². The van der Waals surface area contributed by atoms with Gasteiger partial charge in [-0.05, 0) is 86.1 Å². The van der Waals surface area contributed by atoms with E-state index in [1.807, 2.05) is 32.9 Å². The predicted molar refractivity (Wildman–Crippen MR) is 126 cm³/mol. The Morgan fingerprint density at radius 2 is 1.69 bits per heavy atom. The zero-order chi connectivity index (χ0) is 25.5. The van der Waals surface area contributed by atoms with Gasteiger partial charge in [0, 0.05) is 11.1 Å². The monoisotopic (exact) mass is 482 g/mol. The average Bonchev–Trinajstić information content (AvgIpc) is 2.98. The molecule has 1 fully saturated rings. The van der Waals surface area contributed by atoms with Crippen LogP contribution in [0.1, 0.15) is 64.4 Å². The molecule has 1 aliphatic heterocycles. The van der Waals surface area contributed by atoms with Crippen molar-refractivity contribution in [2.24, 2.45) is 0 Å². The quantitative estimate of drug-likeness (QED) is 0.351. The summed E-state index contributed by atoms with van der Waals surface area (Å²) >= 11 is 0. The van der Waals surface area contributed by atoms with Crippen molar-refractivity contribution >= 4 is 11.5 Å². The average molecular weight is 483 g/mol. The highest BCUT2D eigenvalue weighted by Gasteiger charge is 2.47. The van der Waals surface area contributed by atoms with Crippen molar-refractivity contribution in [3.63, 3.8) is 0 Å². The third-order valence-electron chi connectivity index (χ3n) is 7.01. The summed E-state index contributed by atoms with van der Waals surface area (Å²) in [4.78, 5) is 14.7. The number of alkyl halides is 4. The van der Waals surface area contributed by atoms with Gasteiger partial charge in [-0.1, -0.05) is 29.8 Å². The third-order valence-corrected chi connectivity index (χ3v) is 7.01. The number of carbonyl (C=O) groups excluding carboxylic acids is 1. The fourth-order valence-electron chi connectivity index (χ4n) is 4.90. The number of likely N-dealkylation sites (tertiary alicyclic amines) is 1. The van der Waals surface area contributed by atoms with Crippen molar-refractivity contribution in [3.8, 4) is 6.07 Å². The van der Waals surface area contributed by atoms with Crippen LogP contribution in [0.2, 0.25) is 0 Å². The highest BCUT2D eigenvalue weighted by atomic mass is 19.4. The van der Waals surface area contributed by atoms with E-state index < -0.39 is 17.4 Å². The first-order chi connectivity index (χ1) is 16.4. The van der Waals surface area contributed by atoms with E-state index in [1.54, 1.807) is 30.3 Å². The van der Waals surface area contributed by atoms with Gasteiger partial charge in [0.25, 0.3) is 5.91 Å². The molecule has 35 heavy (non-hydrogen) atoms. The standard InChI is InChI=1S/C28H26F4N2O/c1-17-4-7-22(28(30,31)32)10-11-23(17)24-13-25(19(3)12-18(24)2)26(35)34-15-27(29,16-34)21-8-5-20(14-33)6-9-21/h5-9,12-13H,4,10-11,15-16H2,1-3H3. The first kappa shape index (κ1) is 24.7. The molecule has 7 heteroatoms. The molecule has 1 heterocycles. The first-order valence-corrected chi connectivity index (χ1v) is 11.5. The van der Waals surface area contributed by atoms with E-state index in [1.165, 1.54) is 11.0 Å². The molecule has 4 rings (SSSR count). The van der Waals surface area contributed by atoms with E-state index >= 15 is 4.39 Å². The van der Waals surface area contributed by atoms with Crippen molar-refractivity contribution in [1.29, 1.82) is 5.26 Å². The van der Waals surface area contributed by atoms with Gasteiger partial charge >= 0.3 is 6.18 Å². The molecule has 0 radical (unpaired) electrons. The fraction of sp³-hybridized carbons (Fsp3) is 0.357. The number of aryl methyl sites for hydroxylation is 2. The Morgan fingerprint density at radius 3 is 2.29 bits per heavy atom. The number of nitriles is 1. The smallest absolute Gasteiger partial charge is 0.331 e. The molecule has 0 unspecified atom stereocenters. The molecule has 0 aromatic heterocycles. The zero-order valence-electron chi connectivity index (χ0n) is 19.9. The summed E-state index contributed by atoms with van der Waals surface area (Å²) in [7, 11) is 0. The summed E-state index contributed by atoms with van der Waals surface area (Å²) in [5, 5.41) is 8.93. The van der Waals surface area contributed by atoms with Crippen molar-refractivity contribution in [1.82, 2.24) is 4.90 Å². The van der Waals surface area contributed by atoms with Crippen LogP contribution in [-0.2, 0) is 5.67 Å². The molecule has 0 atom stereocenters. The molecule has 1 amide bonds. The van der Waals surface area contributed by atoms with Gasteiger partial charge < -0.3 is 4.90 Å². The number of halogens is 4. The Bertz CT molecular complexity index is 1270. The SMILES string of the molecule is CC1=C(c2cc(C(=O)N3CC(F)(c4ccc(C#N)cc4)C3)c(C)cc2C)CCC(C(F)(F)F)=CC1. The van der Waals surface area contributed by atoms with Gasteiger partial charge in [0.1, 0.15) is 0 Å². The number of rotatable bonds is 3. The van der Waals surface area contributed by atoms with E-state index in [2.05, 4.69) is 0 Å². The largest absolute Gasteiger partial charge is 0.412 e. The van der Waals surface area contributed by atoms with Crippen molar-refractivity contribution in [2.75, 3.05) is 13.1 Å². The molecule has 1 aliphatic carbocycles. The predicted octanol–water partition coefficient (Wildman–Crippen LogP) is 6.94. The number of hydrogen-bond donors (Lipinski definition) is 0. The minimum absolute atomic E-state index is 0.0963. The van der Waals surface area contributed by atoms with Gasteiger partial charge in [0.2, 0.25) is 0 Å². The molecular weight excluding hydrogens is 456 g/mol. The summed E-state index contributed by atoms with van der Waals surface area (Å²) in [5.74, 6) is -0.299. The molecule has 3 nitrogen and oxygen atoms in total. The van der Waals surface area contributed by atoms with Crippen molar-refractivity contribution < 1.29 is 22.4 Å². The molecule has 0 spiro atoms. The lowest BCUT2D eigenvalue weighted by atomic mass is 9.85. The van der Waals surface area contributed by atoms with Gasteiger partial charge in [-0.15, -0.1) is 0 Å². The summed E-state index contributed by atoms with van der Waals surface area (Å²) in [5.41, 5.74) is 3.18. The Hall–Kier alpha value is -3.40. The lowest BCUT2D eigenvalue weighted by Gasteiger charge is -2.45. The van der Waals surface area contributed by atoms with Crippen LogP contribution in [-0.4, -0.2) is 30.1 Å². The molecule has 0 bridgehead atoms. The van der Waals surface area contributed by atoms with Crippen LogP contribution in [0.5, 0.6) is 0 Å². The molecular formula is C28H26F4N2O. The van der Waals surface area contributed by atoms with Crippen LogP contribution in [0.4, 0.5) is 17.6 Å². The number of carbonyl (C=O) groups is 1. The van der Waals surface area contributed by atoms with Crippen LogP contribution < -0.4 is 0 Å². The van der Waals surface area contributed by atoms with Crippen LogP contribution in [0, 0.1) is 25.2 Å². The Labute approximate surface area is 202 Å². The number of hydrogen-bond acceptors (Lipinski definition) is 2. The van der Waals surface area contributed by atoms with Gasteiger partial charge in [-0.25, -0.2) is 4.39 Å². The van der Waals surface area contributed by atoms with E-state index in [4.69, 9.17) is 5.26 Å². The molecule has 2 aromatic rings. The van der Waals surface area contributed by atoms with Gasteiger partial charge in [0.15, 0.2) is 5.67 Å². The fourth-order valence-corrected chi connectivity index (χ4v) is 4.90. The van der Waals surface area contributed by atoms with E-state index in [-0.39, 0.29) is 38.3 Å². The maximum absolute atomic E-state index is 15.4. The summed E-state index contributed by atoms with van der Waals surface area (Å²) < 4.78 is 55.2. The number of benzene rings is 2. The van der Waals surface area contributed by atoms with E-state index in [0.29, 0.717) is 16.7 Å². The second-order valence-corrected chi connectivity index (χ2v) is 9.49. The van der Waals surface area contributed by atoms with E-state index in [0.717, 1.165) is 27.8 Å². The topological polar surface area (TPSA) is 44.1 Å². The molecule has 2 aromatic carbocycles. The molecule has 182 valence electrons. The lowest BCUT2D eigenvalue weighted by Crippen LogP contribution is -2.58. The Morgan fingerprint density at radius 1 is 1.03 bits per heavy atom. The highest BCUT2D eigenvalue weighted by molar-refractivity contribution is 5.97. The maximum atomic E-state index is 15.4. The Kier molecular flexibility index (Phi) is 6.35. The molecule has 2 aliphatic rings. The summed E-state index contributed by atoms with van der Waals surface area (Å²) in [6.45, 7) is 5.34. The normalized spacial score (nSPS) is 17.9. The van der Waals surface area contributed by atoms with Crippen LogP contribution >= 0.6 is 0 Å². The number of amides is 1. The first-order valence-electron chi connectivity index (χ1n) is 11.5. The van der Waals surface area contributed by atoms with Gasteiger partial charge in [-0.2, -0.15) is 18.4 Å². The number of allylic oxidation sites excluding steroid dienone is 4. The second-order valence-electron chi connectivity index (χ2n) is 9.49. The molecule has 0 N–H and O–H groups in total. The summed E-state index contributed by atoms with van der Waals surface area (Å²) in [6.07, 6.45) is -2.74. The minimum Gasteiger partial charge on any atom is -0.331 e. The van der Waals surface area contributed by atoms with Gasteiger partial charge in [-0.3, -0.25) is 4.79 Å². The summed E-state index contributed by atoms with van der Waals surface area (Å²) in [6, 6.07) is 11.9. The third kappa shape index (κ3) is 4.75. The zero-order valence-corrected chi connectivity index (χ0v) is 19.9. The van der Waals surface area contributed by atoms with Crippen LogP contribution in [0.15, 0.2) is 53.6 Å². The maximum Gasteiger partial charge on any atom is 0.412 e. The van der Waals surface area contributed by atoms with E-state index in [9.17, 15) is 18.0 Å². The molecule has 0 saturated carbocycles. The Balaban J connectivity index is 1.56. The minimum atomic E-state index is -4.34. The van der Waals surface area contributed by atoms with Crippen molar-refractivity contribution in [3.05, 3.63) is 87.0 Å². The molecule has 1 saturated heterocycles. The van der Waals surface area contributed by atoms with Crippen LogP contribution in [0.25, 0.3) is 5.57 Å². The number of nitrogens with zero attached hydrogens (tertiary/aromatic N) is 2. The van der Waals surface area contributed by atoms with Crippen molar-refractivity contribution in [2.45, 2.75) is 51.9 Å². The second kappa shape index (κ2) is 8.99. The van der Waals surface area contributed by atoms with Crippen LogP contribution in [0.3, 0.4) is 0 Å².